The fourth-order valence-corrected chi connectivity index (χ4v) is 2.99. The fourth-order valence-electron chi connectivity index (χ4n) is 2.99. The number of methoxy groups -OCH3 is 1. The molecule has 0 aromatic heterocycles. The number of amides is 1. The third-order valence-corrected chi connectivity index (χ3v) is 4.43. The molecule has 132 valence electrons. The maximum absolute atomic E-state index is 12.8. The monoisotopic (exact) mass is 340 g/mol. The van der Waals surface area contributed by atoms with Gasteiger partial charge in [-0.2, -0.15) is 0 Å². The largest absolute Gasteiger partial charge is 0.497 e. The Hall–Kier alpha value is -2.69. The number of fused-ring (bicyclic) bond motifs is 1. The van der Waals surface area contributed by atoms with Crippen LogP contribution in [0.2, 0.25) is 0 Å². The van der Waals surface area contributed by atoms with Crippen LogP contribution >= 0.6 is 0 Å². The van der Waals surface area contributed by atoms with Gasteiger partial charge in [-0.1, -0.05) is 6.07 Å². The van der Waals surface area contributed by atoms with Crippen LogP contribution in [0.15, 0.2) is 42.5 Å². The van der Waals surface area contributed by atoms with Gasteiger partial charge >= 0.3 is 0 Å². The molecule has 0 fully saturated rings. The van der Waals surface area contributed by atoms with E-state index in [2.05, 4.69) is 5.32 Å². The number of benzene rings is 2. The Morgan fingerprint density at radius 3 is 2.68 bits per heavy atom. The highest BCUT2D eigenvalue weighted by molar-refractivity contribution is 5.97. The molecule has 5 nitrogen and oxygen atoms in total. The number of nitrogens with one attached hydrogen (secondary N) is 1. The highest BCUT2D eigenvalue weighted by atomic mass is 16.5. The molecular formula is C20H24N2O3. The Labute approximate surface area is 148 Å². The molecule has 5 heteroatoms. The maximum atomic E-state index is 12.8. The molecule has 1 aliphatic rings. The van der Waals surface area contributed by atoms with Crippen LogP contribution in [0.4, 0.5) is 5.69 Å². The van der Waals surface area contributed by atoms with Crippen molar-refractivity contribution < 1.29 is 14.3 Å². The summed E-state index contributed by atoms with van der Waals surface area (Å²) in [5, 5.41) is 3.37. The van der Waals surface area contributed by atoms with Gasteiger partial charge in [0.05, 0.1) is 13.7 Å². The van der Waals surface area contributed by atoms with Crippen molar-refractivity contribution in [2.75, 3.05) is 39.2 Å². The van der Waals surface area contributed by atoms with Crippen LogP contribution in [0.1, 0.15) is 22.3 Å². The minimum atomic E-state index is 0.0406. The van der Waals surface area contributed by atoms with E-state index in [0.717, 1.165) is 47.7 Å². The van der Waals surface area contributed by atoms with Crippen molar-refractivity contribution in [1.82, 2.24) is 4.90 Å². The van der Waals surface area contributed by atoms with Gasteiger partial charge in [0.2, 0.25) is 0 Å². The van der Waals surface area contributed by atoms with Crippen molar-refractivity contribution in [3.63, 3.8) is 0 Å². The molecule has 0 spiro atoms. The number of carbonyl (C=O) groups is 1. The lowest BCUT2D eigenvalue weighted by Crippen LogP contribution is -2.32. The van der Waals surface area contributed by atoms with Crippen molar-refractivity contribution in [2.45, 2.75) is 12.8 Å². The van der Waals surface area contributed by atoms with Gasteiger partial charge in [-0.3, -0.25) is 4.79 Å². The zero-order chi connectivity index (χ0) is 17.6. The zero-order valence-electron chi connectivity index (χ0n) is 14.7. The molecule has 0 saturated heterocycles. The van der Waals surface area contributed by atoms with E-state index >= 15 is 0 Å². The summed E-state index contributed by atoms with van der Waals surface area (Å²) in [4.78, 5) is 14.5. The highest BCUT2D eigenvalue weighted by Crippen LogP contribution is 2.26. The highest BCUT2D eigenvalue weighted by Gasteiger charge is 2.19. The predicted molar refractivity (Wildman–Crippen MR) is 98.7 cm³/mol. The number of anilines is 1. The number of rotatable bonds is 6. The summed E-state index contributed by atoms with van der Waals surface area (Å²) in [7, 11) is 3.45. The molecule has 1 N–H and O–H groups in total. The lowest BCUT2D eigenvalue weighted by Gasteiger charge is -2.23. The molecule has 25 heavy (non-hydrogen) atoms. The number of ether oxygens (including phenoxy) is 2. The summed E-state index contributed by atoms with van der Waals surface area (Å²) >= 11 is 0. The second kappa shape index (κ2) is 7.92. The smallest absolute Gasteiger partial charge is 0.254 e. The summed E-state index contributed by atoms with van der Waals surface area (Å²) in [6.07, 6.45) is 2.00. The van der Waals surface area contributed by atoms with Crippen LogP contribution in [-0.4, -0.2) is 44.7 Å². The van der Waals surface area contributed by atoms with Crippen LogP contribution < -0.4 is 14.8 Å². The molecule has 0 bridgehead atoms. The summed E-state index contributed by atoms with van der Waals surface area (Å²) in [5.74, 6) is 1.60. The van der Waals surface area contributed by atoms with Gasteiger partial charge in [-0.15, -0.1) is 0 Å². The Morgan fingerprint density at radius 1 is 1.16 bits per heavy atom. The molecule has 0 saturated carbocycles. The molecule has 0 unspecified atom stereocenters. The Kier molecular flexibility index (Phi) is 5.43. The van der Waals surface area contributed by atoms with E-state index in [9.17, 15) is 4.79 Å². The van der Waals surface area contributed by atoms with Crippen molar-refractivity contribution in [1.29, 1.82) is 0 Å². The molecule has 3 rings (SSSR count). The van der Waals surface area contributed by atoms with E-state index < -0.39 is 0 Å². The average molecular weight is 340 g/mol. The second-order valence-electron chi connectivity index (χ2n) is 6.11. The van der Waals surface area contributed by atoms with Gasteiger partial charge in [-0.25, -0.2) is 0 Å². The Morgan fingerprint density at radius 2 is 1.92 bits per heavy atom. The topological polar surface area (TPSA) is 50.8 Å². The molecule has 0 aliphatic carbocycles. The first-order valence-corrected chi connectivity index (χ1v) is 8.57. The maximum Gasteiger partial charge on any atom is 0.254 e. The minimum absolute atomic E-state index is 0.0406. The zero-order valence-corrected chi connectivity index (χ0v) is 14.7. The normalized spacial score (nSPS) is 12.7. The Bertz CT molecular complexity index is 728. The van der Waals surface area contributed by atoms with E-state index in [1.54, 1.807) is 12.0 Å². The minimum Gasteiger partial charge on any atom is -0.497 e. The van der Waals surface area contributed by atoms with Crippen LogP contribution in [0.3, 0.4) is 0 Å². The van der Waals surface area contributed by atoms with Gasteiger partial charge in [-0.05, 0) is 54.8 Å². The second-order valence-corrected chi connectivity index (χ2v) is 6.11. The molecule has 0 radical (unpaired) electrons. The summed E-state index contributed by atoms with van der Waals surface area (Å²) in [6.45, 7) is 1.94. The van der Waals surface area contributed by atoms with Gasteiger partial charge in [0.25, 0.3) is 5.91 Å². The van der Waals surface area contributed by atoms with Crippen molar-refractivity contribution in [3.05, 3.63) is 53.6 Å². The van der Waals surface area contributed by atoms with E-state index in [0.29, 0.717) is 13.2 Å². The summed E-state index contributed by atoms with van der Waals surface area (Å²) in [6, 6.07) is 13.3. The Balaban J connectivity index is 1.57. The first kappa shape index (κ1) is 17.1. The van der Waals surface area contributed by atoms with Crippen LogP contribution in [0.25, 0.3) is 0 Å². The van der Waals surface area contributed by atoms with Crippen molar-refractivity contribution in [3.8, 4) is 11.5 Å². The first-order chi connectivity index (χ1) is 12.2. The number of hydrogen-bond acceptors (Lipinski definition) is 4. The van der Waals surface area contributed by atoms with E-state index in [1.807, 2.05) is 49.5 Å². The standard InChI is InChI=1S/C20H24N2O3/c1-22(13-14-25-16-10-8-15(24-2)9-11-16)20(23)18-5-3-7-19-17(18)6-4-12-21-19/h3,5,7-11,21H,4,6,12-14H2,1-2H3. The number of hydrogen-bond donors (Lipinski definition) is 1. The van der Waals surface area contributed by atoms with Gasteiger partial charge < -0.3 is 19.7 Å². The van der Waals surface area contributed by atoms with Gasteiger partial charge in [0, 0.05) is 24.8 Å². The van der Waals surface area contributed by atoms with E-state index in [1.165, 1.54) is 0 Å². The first-order valence-electron chi connectivity index (χ1n) is 8.57. The summed E-state index contributed by atoms with van der Waals surface area (Å²) < 4.78 is 10.8. The van der Waals surface area contributed by atoms with Crippen LogP contribution in [0.5, 0.6) is 11.5 Å². The van der Waals surface area contributed by atoms with Crippen molar-refractivity contribution in [2.24, 2.45) is 0 Å². The third kappa shape index (κ3) is 4.05. The molecule has 2 aromatic rings. The fraction of sp³-hybridized carbons (Fsp3) is 0.350. The van der Waals surface area contributed by atoms with Gasteiger partial charge in [0.1, 0.15) is 18.1 Å². The average Bonchev–Trinajstić information content (AvgIpc) is 2.67. The number of nitrogens with zero attached hydrogens (tertiary/aromatic N) is 1. The van der Waals surface area contributed by atoms with Gasteiger partial charge in [0.15, 0.2) is 0 Å². The van der Waals surface area contributed by atoms with E-state index in [4.69, 9.17) is 9.47 Å². The quantitative estimate of drug-likeness (QED) is 0.877. The molecule has 2 aromatic carbocycles. The number of likely N-dealkylation sites (N-methyl/N-ethyl adjacent to an activating group) is 1. The lowest BCUT2D eigenvalue weighted by molar-refractivity contribution is 0.0772. The van der Waals surface area contributed by atoms with E-state index in [-0.39, 0.29) is 5.91 Å². The summed E-state index contributed by atoms with van der Waals surface area (Å²) in [5.41, 5.74) is 3.00. The lowest BCUT2D eigenvalue weighted by atomic mass is 9.97. The molecule has 0 atom stereocenters. The predicted octanol–water partition coefficient (Wildman–Crippen LogP) is 3.20. The number of carbonyl (C=O) groups excluding carboxylic acids is 1. The third-order valence-electron chi connectivity index (χ3n) is 4.43. The van der Waals surface area contributed by atoms with Crippen LogP contribution in [-0.2, 0) is 6.42 Å². The van der Waals surface area contributed by atoms with Crippen LogP contribution in [0, 0.1) is 0 Å². The molecular weight excluding hydrogens is 316 g/mol. The van der Waals surface area contributed by atoms with Crippen molar-refractivity contribution >= 4 is 11.6 Å². The molecule has 1 heterocycles. The molecule has 1 amide bonds. The SMILES string of the molecule is COc1ccc(OCCN(C)C(=O)c2cccc3c2CCCN3)cc1. The molecule has 1 aliphatic heterocycles.